The van der Waals surface area contributed by atoms with Crippen LogP contribution in [0.4, 0.5) is 5.69 Å². The minimum Gasteiger partial charge on any atom is -0.495 e. The topological polar surface area (TPSA) is 67.0 Å². The molecule has 0 atom stereocenters. The first-order valence-corrected chi connectivity index (χ1v) is 9.74. The van der Waals surface area contributed by atoms with Crippen LogP contribution in [0.2, 0.25) is 5.02 Å². The van der Waals surface area contributed by atoms with E-state index in [0.29, 0.717) is 16.5 Å². The van der Waals surface area contributed by atoms with Gasteiger partial charge >= 0.3 is 0 Å². The minimum absolute atomic E-state index is 0.0230. The van der Waals surface area contributed by atoms with Crippen molar-refractivity contribution in [2.45, 2.75) is 20.8 Å². The lowest BCUT2D eigenvalue weighted by Gasteiger charge is -2.14. The van der Waals surface area contributed by atoms with Crippen LogP contribution in [0.25, 0.3) is 11.8 Å². The van der Waals surface area contributed by atoms with Crippen LogP contribution in [0.5, 0.6) is 5.75 Å². The van der Waals surface area contributed by atoms with Gasteiger partial charge in [0.25, 0.3) is 5.91 Å². The SMILES string of the molecule is COc1ccc(Cl)cc1-n1c(C)cc(/C=C(/C#N)C(=O)Nc2cccc(C)c2)c1C. The first-order valence-electron chi connectivity index (χ1n) is 9.36. The van der Waals surface area contributed by atoms with Gasteiger partial charge in [-0.2, -0.15) is 5.26 Å². The van der Waals surface area contributed by atoms with Crippen molar-refractivity contribution >= 4 is 29.3 Å². The summed E-state index contributed by atoms with van der Waals surface area (Å²) in [5.41, 5.74) is 5.05. The Kier molecular flexibility index (Phi) is 6.29. The van der Waals surface area contributed by atoms with Gasteiger partial charge in [-0.3, -0.25) is 4.79 Å². The van der Waals surface area contributed by atoms with Crippen molar-refractivity contribution in [1.29, 1.82) is 5.26 Å². The first kappa shape index (κ1) is 21.2. The average molecular weight is 420 g/mol. The summed E-state index contributed by atoms with van der Waals surface area (Å²) in [6.45, 7) is 5.81. The van der Waals surface area contributed by atoms with Crippen molar-refractivity contribution in [2.24, 2.45) is 0 Å². The summed E-state index contributed by atoms with van der Waals surface area (Å²) < 4.78 is 7.47. The van der Waals surface area contributed by atoms with E-state index in [2.05, 4.69) is 5.32 Å². The maximum atomic E-state index is 12.6. The van der Waals surface area contributed by atoms with Crippen LogP contribution in [0.3, 0.4) is 0 Å². The van der Waals surface area contributed by atoms with Gasteiger partial charge in [0, 0.05) is 22.1 Å². The van der Waals surface area contributed by atoms with Crippen LogP contribution in [-0.2, 0) is 4.79 Å². The average Bonchev–Trinajstić information content (AvgIpc) is 2.98. The number of benzene rings is 2. The van der Waals surface area contributed by atoms with Crippen molar-refractivity contribution in [2.75, 3.05) is 12.4 Å². The molecule has 0 unspecified atom stereocenters. The lowest BCUT2D eigenvalue weighted by molar-refractivity contribution is -0.112. The van der Waals surface area contributed by atoms with E-state index in [4.69, 9.17) is 16.3 Å². The molecule has 1 aromatic heterocycles. The smallest absolute Gasteiger partial charge is 0.266 e. The lowest BCUT2D eigenvalue weighted by Crippen LogP contribution is -2.13. The number of amides is 1. The summed E-state index contributed by atoms with van der Waals surface area (Å²) in [4.78, 5) is 12.6. The van der Waals surface area contributed by atoms with Crippen molar-refractivity contribution in [3.8, 4) is 17.5 Å². The number of nitriles is 1. The van der Waals surface area contributed by atoms with Gasteiger partial charge < -0.3 is 14.6 Å². The van der Waals surface area contributed by atoms with Crippen LogP contribution in [-0.4, -0.2) is 17.6 Å². The number of aryl methyl sites for hydroxylation is 2. The quantitative estimate of drug-likeness (QED) is 0.431. The molecule has 152 valence electrons. The molecule has 0 spiro atoms. The predicted molar refractivity (Wildman–Crippen MR) is 120 cm³/mol. The van der Waals surface area contributed by atoms with E-state index < -0.39 is 5.91 Å². The second-order valence-corrected chi connectivity index (χ2v) is 7.41. The number of carbonyl (C=O) groups excluding carboxylic acids is 1. The van der Waals surface area contributed by atoms with Gasteiger partial charge in [-0.1, -0.05) is 23.7 Å². The number of hydrogen-bond donors (Lipinski definition) is 1. The Morgan fingerprint density at radius 1 is 1.17 bits per heavy atom. The summed E-state index contributed by atoms with van der Waals surface area (Å²) in [7, 11) is 1.60. The van der Waals surface area contributed by atoms with E-state index in [-0.39, 0.29) is 5.57 Å². The third kappa shape index (κ3) is 4.40. The molecule has 1 N–H and O–H groups in total. The molecule has 3 aromatic rings. The number of halogens is 1. The highest BCUT2D eigenvalue weighted by molar-refractivity contribution is 6.30. The van der Waals surface area contributed by atoms with Gasteiger partial charge in [-0.25, -0.2) is 0 Å². The van der Waals surface area contributed by atoms with Gasteiger partial charge in [0.2, 0.25) is 0 Å². The molecular weight excluding hydrogens is 398 g/mol. The van der Waals surface area contributed by atoms with Crippen molar-refractivity contribution < 1.29 is 9.53 Å². The summed E-state index contributed by atoms with van der Waals surface area (Å²) in [5.74, 6) is 0.225. The van der Waals surface area contributed by atoms with Crippen LogP contribution in [0.1, 0.15) is 22.5 Å². The largest absolute Gasteiger partial charge is 0.495 e. The van der Waals surface area contributed by atoms with Crippen LogP contribution >= 0.6 is 11.6 Å². The van der Waals surface area contributed by atoms with Crippen molar-refractivity contribution in [3.05, 3.63) is 81.6 Å². The molecule has 0 aliphatic rings. The molecule has 6 heteroatoms. The standard InChI is InChI=1S/C24H22ClN3O2/c1-15-6-5-7-21(10-15)27-24(29)19(14-26)12-18-11-16(2)28(17(18)3)22-13-20(25)8-9-23(22)30-4/h5-13H,1-4H3,(H,27,29)/b19-12-. The Morgan fingerprint density at radius 3 is 2.60 bits per heavy atom. The Balaban J connectivity index is 1.99. The maximum Gasteiger partial charge on any atom is 0.266 e. The number of ether oxygens (including phenoxy) is 1. The number of aromatic nitrogens is 1. The van der Waals surface area contributed by atoms with E-state index in [1.807, 2.05) is 67.8 Å². The van der Waals surface area contributed by atoms with Crippen molar-refractivity contribution in [3.63, 3.8) is 0 Å². The van der Waals surface area contributed by atoms with Gasteiger partial charge in [-0.15, -0.1) is 0 Å². The molecule has 0 radical (unpaired) electrons. The molecule has 0 bridgehead atoms. The third-order valence-electron chi connectivity index (χ3n) is 4.79. The minimum atomic E-state index is -0.451. The lowest BCUT2D eigenvalue weighted by atomic mass is 10.1. The second-order valence-electron chi connectivity index (χ2n) is 6.97. The number of hydrogen-bond acceptors (Lipinski definition) is 3. The van der Waals surface area contributed by atoms with Crippen LogP contribution in [0.15, 0.2) is 54.1 Å². The zero-order valence-electron chi connectivity index (χ0n) is 17.3. The molecule has 0 saturated carbocycles. The Morgan fingerprint density at radius 2 is 1.93 bits per heavy atom. The van der Waals surface area contributed by atoms with Crippen molar-refractivity contribution in [1.82, 2.24) is 4.57 Å². The van der Waals surface area contributed by atoms with Gasteiger partial charge in [0.05, 0.1) is 12.8 Å². The Bertz CT molecular complexity index is 1190. The van der Waals surface area contributed by atoms with Gasteiger partial charge in [0.1, 0.15) is 17.4 Å². The first-order chi connectivity index (χ1) is 14.3. The normalized spacial score (nSPS) is 11.1. The number of carbonyl (C=O) groups is 1. The molecule has 0 aliphatic heterocycles. The number of methoxy groups -OCH3 is 1. The van der Waals surface area contributed by atoms with E-state index in [9.17, 15) is 10.1 Å². The Hall–Kier alpha value is -3.49. The second kappa shape index (κ2) is 8.89. The molecule has 30 heavy (non-hydrogen) atoms. The van der Waals surface area contributed by atoms with Crippen LogP contribution < -0.4 is 10.1 Å². The zero-order valence-corrected chi connectivity index (χ0v) is 18.0. The Labute approximate surface area is 181 Å². The molecule has 2 aromatic carbocycles. The summed E-state index contributed by atoms with van der Waals surface area (Å²) in [6, 6.07) is 16.8. The fraction of sp³-hybridized carbons (Fsp3) is 0.167. The van der Waals surface area contributed by atoms with Crippen LogP contribution in [0, 0.1) is 32.1 Å². The fourth-order valence-electron chi connectivity index (χ4n) is 3.37. The summed E-state index contributed by atoms with van der Waals surface area (Å²) in [5, 5.41) is 12.9. The third-order valence-corrected chi connectivity index (χ3v) is 5.03. The summed E-state index contributed by atoms with van der Waals surface area (Å²) >= 11 is 6.19. The fourth-order valence-corrected chi connectivity index (χ4v) is 3.53. The number of nitrogens with one attached hydrogen (secondary N) is 1. The highest BCUT2D eigenvalue weighted by Gasteiger charge is 2.16. The molecule has 1 amide bonds. The van der Waals surface area contributed by atoms with E-state index >= 15 is 0 Å². The molecule has 0 fully saturated rings. The monoisotopic (exact) mass is 419 g/mol. The molecule has 0 saturated heterocycles. The molecule has 0 aliphatic carbocycles. The van der Waals surface area contributed by atoms with Gasteiger partial charge in [0.15, 0.2) is 0 Å². The summed E-state index contributed by atoms with van der Waals surface area (Å²) in [6.07, 6.45) is 1.60. The highest BCUT2D eigenvalue weighted by atomic mass is 35.5. The van der Waals surface area contributed by atoms with E-state index in [0.717, 1.165) is 28.2 Å². The van der Waals surface area contributed by atoms with E-state index in [1.54, 1.807) is 25.3 Å². The number of nitrogens with zero attached hydrogens (tertiary/aromatic N) is 2. The number of anilines is 1. The highest BCUT2D eigenvalue weighted by Crippen LogP contribution is 2.31. The zero-order chi connectivity index (χ0) is 21.8. The molecular formula is C24H22ClN3O2. The molecule has 1 heterocycles. The number of rotatable bonds is 5. The maximum absolute atomic E-state index is 12.6. The van der Waals surface area contributed by atoms with E-state index in [1.165, 1.54) is 0 Å². The van der Waals surface area contributed by atoms with Gasteiger partial charge in [-0.05, 0) is 74.4 Å². The molecule has 5 nitrogen and oxygen atoms in total. The molecule has 3 rings (SSSR count). The predicted octanol–water partition coefficient (Wildman–Crippen LogP) is 5.61.